The van der Waals surface area contributed by atoms with Gasteiger partial charge in [0.25, 0.3) is 0 Å². The van der Waals surface area contributed by atoms with E-state index in [0.29, 0.717) is 5.52 Å². The molecule has 1 heterocycles. The fraction of sp³-hybridized carbons (Fsp3) is 0.250. The van der Waals surface area contributed by atoms with Gasteiger partial charge < -0.3 is 10.3 Å². The Hall–Kier alpha value is -1.26. The van der Waals surface area contributed by atoms with Crippen molar-refractivity contribution in [2.45, 2.75) is 11.3 Å². The van der Waals surface area contributed by atoms with Crippen LogP contribution in [0.3, 0.4) is 0 Å². The van der Waals surface area contributed by atoms with Crippen molar-refractivity contribution >= 4 is 22.7 Å². The van der Waals surface area contributed by atoms with Crippen LogP contribution in [0.25, 0.3) is 10.9 Å². The number of aliphatic hydroxyl groups is 1. The van der Waals surface area contributed by atoms with Crippen LogP contribution < -0.4 is 4.73 Å². The van der Waals surface area contributed by atoms with Crippen molar-refractivity contribution in [2.24, 2.45) is 0 Å². The molecule has 2 rings (SSSR count). The molecule has 2 aromatic rings. The molecule has 1 aromatic carbocycles. The second-order valence-corrected chi connectivity index (χ2v) is 4.59. The number of benzene rings is 1. The van der Waals surface area contributed by atoms with Gasteiger partial charge in [0.1, 0.15) is 0 Å². The Bertz CT molecular complexity index is 487. The number of aliphatic hydroxyl groups excluding tert-OH is 1. The highest BCUT2D eigenvalue weighted by Crippen LogP contribution is 2.25. The highest BCUT2D eigenvalue weighted by atomic mass is 32.2. The highest BCUT2D eigenvalue weighted by Gasteiger charge is 2.07. The van der Waals surface area contributed by atoms with Crippen LogP contribution in [0.15, 0.2) is 41.4 Å². The molecule has 0 fully saturated rings. The second kappa shape index (κ2) is 5.18. The Balaban J connectivity index is 2.35. The predicted octanol–water partition coefficient (Wildman–Crippen LogP) is 1.95. The minimum Gasteiger partial charge on any atom is -0.618 e. The van der Waals surface area contributed by atoms with Gasteiger partial charge in [-0.15, -0.1) is 11.8 Å². The largest absolute Gasteiger partial charge is 0.618 e. The average molecular weight is 235 g/mol. The van der Waals surface area contributed by atoms with E-state index in [4.69, 9.17) is 5.11 Å². The minimum atomic E-state index is 0.208. The van der Waals surface area contributed by atoms with Crippen LogP contribution in [0.5, 0.6) is 0 Å². The number of nitrogens with zero attached hydrogens (tertiary/aromatic N) is 1. The Labute approximate surface area is 98.3 Å². The molecule has 0 amide bonds. The van der Waals surface area contributed by atoms with Gasteiger partial charge in [0.2, 0.25) is 5.52 Å². The minimum absolute atomic E-state index is 0.208. The molecule has 1 aromatic heterocycles. The van der Waals surface area contributed by atoms with Crippen LogP contribution in [-0.4, -0.2) is 17.5 Å². The summed E-state index contributed by atoms with van der Waals surface area (Å²) in [5, 5.41) is 21.2. The SMILES string of the molecule is [O-][n+]1ccc(SCCCO)c2ccccc21. The Morgan fingerprint density at radius 3 is 2.88 bits per heavy atom. The second-order valence-electron chi connectivity index (χ2n) is 3.45. The van der Waals surface area contributed by atoms with E-state index in [1.54, 1.807) is 11.8 Å². The Kier molecular flexibility index (Phi) is 3.64. The molecule has 4 heteroatoms. The van der Waals surface area contributed by atoms with Gasteiger partial charge in [0, 0.05) is 29.4 Å². The quantitative estimate of drug-likeness (QED) is 0.381. The lowest BCUT2D eigenvalue weighted by Gasteiger charge is -2.06. The molecule has 0 aliphatic rings. The molecular formula is C12H13NO2S. The maximum absolute atomic E-state index is 11.5. The molecule has 0 aliphatic carbocycles. The molecule has 0 aliphatic heterocycles. The number of aromatic nitrogens is 1. The van der Waals surface area contributed by atoms with Crippen LogP contribution >= 0.6 is 11.8 Å². The van der Waals surface area contributed by atoms with Crippen molar-refractivity contribution in [3.63, 3.8) is 0 Å². The van der Waals surface area contributed by atoms with E-state index < -0.39 is 0 Å². The van der Waals surface area contributed by atoms with E-state index in [2.05, 4.69) is 0 Å². The van der Waals surface area contributed by atoms with Crippen molar-refractivity contribution in [3.05, 3.63) is 41.7 Å². The average Bonchev–Trinajstić information content (AvgIpc) is 2.33. The summed E-state index contributed by atoms with van der Waals surface area (Å²) in [6.45, 7) is 0.208. The third kappa shape index (κ3) is 2.28. The number of thioether (sulfide) groups is 1. The molecule has 0 atom stereocenters. The van der Waals surface area contributed by atoms with Crippen LogP contribution in [0, 0.1) is 5.21 Å². The zero-order valence-electron chi connectivity index (χ0n) is 8.80. The zero-order valence-corrected chi connectivity index (χ0v) is 9.61. The smallest absolute Gasteiger partial charge is 0.224 e. The molecule has 16 heavy (non-hydrogen) atoms. The predicted molar refractivity (Wildman–Crippen MR) is 65.3 cm³/mol. The summed E-state index contributed by atoms with van der Waals surface area (Å²) in [7, 11) is 0. The molecule has 1 N–H and O–H groups in total. The monoisotopic (exact) mass is 235 g/mol. The lowest BCUT2D eigenvalue weighted by atomic mass is 10.2. The molecule has 3 nitrogen and oxygen atoms in total. The van der Waals surface area contributed by atoms with Gasteiger partial charge in [-0.05, 0) is 12.5 Å². The van der Waals surface area contributed by atoms with Gasteiger partial charge in [-0.2, -0.15) is 4.73 Å². The zero-order chi connectivity index (χ0) is 11.4. The van der Waals surface area contributed by atoms with Crippen molar-refractivity contribution in [1.29, 1.82) is 0 Å². The van der Waals surface area contributed by atoms with Crippen molar-refractivity contribution < 1.29 is 9.84 Å². The van der Waals surface area contributed by atoms with Crippen molar-refractivity contribution in [1.82, 2.24) is 0 Å². The Morgan fingerprint density at radius 2 is 2.06 bits per heavy atom. The van der Waals surface area contributed by atoms with E-state index in [9.17, 15) is 5.21 Å². The summed E-state index contributed by atoms with van der Waals surface area (Å²) in [5.41, 5.74) is 0.691. The van der Waals surface area contributed by atoms with E-state index in [1.807, 2.05) is 30.3 Å². The molecular weight excluding hydrogens is 222 g/mol. The van der Waals surface area contributed by atoms with E-state index >= 15 is 0 Å². The van der Waals surface area contributed by atoms with Crippen molar-refractivity contribution in [2.75, 3.05) is 12.4 Å². The van der Waals surface area contributed by atoms with Crippen LogP contribution in [0.1, 0.15) is 6.42 Å². The number of rotatable bonds is 4. The summed E-state index contributed by atoms with van der Waals surface area (Å²) in [5.74, 6) is 0.864. The van der Waals surface area contributed by atoms with E-state index in [0.717, 1.165) is 27.2 Å². The standard InChI is InChI=1S/C12H13NO2S/c14-8-3-9-16-12-6-7-13(15)11-5-2-1-4-10(11)12/h1-2,4-7,14H,3,8-9H2. The number of pyridine rings is 1. The molecule has 0 spiro atoms. The third-order valence-electron chi connectivity index (χ3n) is 2.33. The normalized spacial score (nSPS) is 10.8. The molecule has 84 valence electrons. The molecule has 0 bridgehead atoms. The summed E-state index contributed by atoms with van der Waals surface area (Å²) < 4.78 is 0.880. The maximum Gasteiger partial charge on any atom is 0.224 e. The van der Waals surface area contributed by atoms with Gasteiger partial charge in [0.15, 0.2) is 6.20 Å². The summed E-state index contributed by atoms with van der Waals surface area (Å²) in [6.07, 6.45) is 2.30. The fourth-order valence-electron chi connectivity index (χ4n) is 1.55. The summed E-state index contributed by atoms with van der Waals surface area (Å²) >= 11 is 1.67. The maximum atomic E-state index is 11.5. The van der Waals surface area contributed by atoms with Gasteiger partial charge in [-0.3, -0.25) is 0 Å². The summed E-state index contributed by atoms with van der Waals surface area (Å²) in [6, 6.07) is 9.39. The first-order valence-electron chi connectivity index (χ1n) is 5.17. The van der Waals surface area contributed by atoms with Crippen molar-refractivity contribution in [3.8, 4) is 0 Å². The fourth-order valence-corrected chi connectivity index (χ4v) is 2.53. The van der Waals surface area contributed by atoms with Crippen LogP contribution in [0.2, 0.25) is 0 Å². The lowest BCUT2D eigenvalue weighted by Crippen LogP contribution is -2.25. The molecule has 0 saturated carbocycles. The van der Waals surface area contributed by atoms with E-state index in [-0.39, 0.29) is 6.61 Å². The number of hydrogen-bond donors (Lipinski definition) is 1. The number of fused-ring (bicyclic) bond motifs is 1. The van der Waals surface area contributed by atoms with Gasteiger partial charge >= 0.3 is 0 Å². The van der Waals surface area contributed by atoms with Gasteiger partial charge in [0.05, 0.1) is 5.39 Å². The van der Waals surface area contributed by atoms with Crippen LogP contribution in [0.4, 0.5) is 0 Å². The highest BCUT2D eigenvalue weighted by molar-refractivity contribution is 7.99. The molecule has 0 unspecified atom stereocenters. The molecule has 0 radical (unpaired) electrons. The third-order valence-corrected chi connectivity index (χ3v) is 3.49. The first-order chi connectivity index (χ1) is 7.83. The topological polar surface area (TPSA) is 47.2 Å². The Morgan fingerprint density at radius 1 is 1.25 bits per heavy atom. The van der Waals surface area contributed by atoms with Gasteiger partial charge in [-0.1, -0.05) is 12.1 Å². The number of hydrogen-bond acceptors (Lipinski definition) is 3. The van der Waals surface area contributed by atoms with Crippen LogP contribution in [-0.2, 0) is 0 Å². The first-order valence-corrected chi connectivity index (χ1v) is 6.16. The first kappa shape index (κ1) is 11.2. The summed E-state index contributed by atoms with van der Waals surface area (Å²) in [4.78, 5) is 1.09. The lowest BCUT2D eigenvalue weighted by molar-refractivity contribution is -0.577. The van der Waals surface area contributed by atoms with E-state index in [1.165, 1.54) is 6.20 Å². The number of para-hydroxylation sites is 1. The molecule has 0 saturated heterocycles. The van der Waals surface area contributed by atoms with Gasteiger partial charge in [-0.25, -0.2) is 0 Å².